The van der Waals surface area contributed by atoms with Crippen molar-refractivity contribution in [3.63, 3.8) is 0 Å². The summed E-state index contributed by atoms with van der Waals surface area (Å²) in [7, 11) is 0. The monoisotopic (exact) mass is 424 g/mol. The number of pyridine rings is 1. The fraction of sp³-hybridized carbons (Fsp3) is 0.250. The van der Waals surface area contributed by atoms with Gasteiger partial charge in [0.15, 0.2) is 0 Å². The molecule has 0 unspecified atom stereocenters. The first-order valence-corrected chi connectivity index (χ1v) is 11.0. The van der Waals surface area contributed by atoms with Crippen LogP contribution in [0.4, 0.5) is 0 Å². The van der Waals surface area contributed by atoms with Crippen molar-refractivity contribution >= 4 is 11.0 Å². The lowest BCUT2D eigenvalue weighted by Gasteiger charge is -2.22. The van der Waals surface area contributed by atoms with Crippen molar-refractivity contribution < 1.29 is 0 Å². The first-order valence-electron chi connectivity index (χ1n) is 11.0. The highest BCUT2D eigenvalue weighted by Gasteiger charge is 2.17. The number of nitrogens with one attached hydrogen (secondary N) is 2. The number of benzene rings is 1. The van der Waals surface area contributed by atoms with E-state index in [1.54, 1.807) is 0 Å². The van der Waals surface area contributed by atoms with Crippen LogP contribution in [-0.2, 0) is 6.54 Å². The van der Waals surface area contributed by atoms with E-state index in [0.717, 1.165) is 59.3 Å². The van der Waals surface area contributed by atoms with Crippen LogP contribution in [-0.4, -0.2) is 47.8 Å². The van der Waals surface area contributed by atoms with E-state index in [0.29, 0.717) is 12.6 Å². The van der Waals surface area contributed by atoms with Gasteiger partial charge in [-0.2, -0.15) is 5.10 Å². The van der Waals surface area contributed by atoms with Crippen molar-refractivity contribution in [1.82, 2.24) is 40.1 Å². The van der Waals surface area contributed by atoms with E-state index in [-0.39, 0.29) is 0 Å². The number of fused-ring (bicyclic) bond motifs is 1. The lowest BCUT2D eigenvalue weighted by atomic mass is 10.1. The maximum Gasteiger partial charge on any atom is 0.137 e. The summed E-state index contributed by atoms with van der Waals surface area (Å²) in [6, 6.07) is 12.9. The highest BCUT2D eigenvalue weighted by molar-refractivity contribution is 5.94. The Kier molecular flexibility index (Phi) is 4.77. The molecule has 1 aliphatic heterocycles. The smallest absolute Gasteiger partial charge is 0.137 e. The van der Waals surface area contributed by atoms with Crippen molar-refractivity contribution in [2.45, 2.75) is 25.4 Å². The molecule has 6 rings (SSSR count). The van der Waals surface area contributed by atoms with Gasteiger partial charge in [0, 0.05) is 40.7 Å². The highest BCUT2D eigenvalue weighted by Crippen LogP contribution is 2.30. The third kappa shape index (κ3) is 3.58. The molecule has 5 heterocycles. The number of H-pyrrole nitrogens is 1. The molecule has 0 radical (unpaired) electrons. The largest absolute Gasteiger partial charge is 0.345 e. The Morgan fingerprint density at radius 1 is 1.00 bits per heavy atom. The van der Waals surface area contributed by atoms with Crippen molar-refractivity contribution in [3.8, 4) is 22.4 Å². The maximum atomic E-state index is 4.64. The van der Waals surface area contributed by atoms with Gasteiger partial charge < -0.3 is 10.3 Å². The van der Waals surface area contributed by atoms with Gasteiger partial charge in [0.2, 0.25) is 0 Å². The third-order valence-corrected chi connectivity index (χ3v) is 6.15. The zero-order valence-corrected chi connectivity index (χ0v) is 17.6. The molecule has 8 nitrogen and oxygen atoms in total. The topological polar surface area (TPSA) is 89.2 Å². The summed E-state index contributed by atoms with van der Waals surface area (Å²) in [5.74, 6) is 0. The molecule has 0 bridgehead atoms. The van der Waals surface area contributed by atoms with Crippen LogP contribution >= 0.6 is 0 Å². The molecule has 0 atom stereocenters. The number of rotatable bonds is 5. The van der Waals surface area contributed by atoms with Crippen LogP contribution < -0.4 is 5.32 Å². The molecular formula is C24H24N8. The lowest BCUT2D eigenvalue weighted by Crippen LogP contribution is -2.29. The Morgan fingerprint density at radius 3 is 2.75 bits per heavy atom. The summed E-state index contributed by atoms with van der Waals surface area (Å²) < 4.78 is 3.97. The van der Waals surface area contributed by atoms with E-state index in [9.17, 15) is 0 Å². The fourth-order valence-corrected chi connectivity index (χ4v) is 4.40. The van der Waals surface area contributed by atoms with Crippen molar-refractivity contribution in [3.05, 3.63) is 72.9 Å². The molecule has 1 fully saturated rings. The standard InChI is InChI=1S/C24H24N8/c1-2-4-17(5-3-1)14-31-16-23(29-30-31)22-13-27-24-21(22)10-18(11-26-24)19-12-28-32(15-19)20-6-8-25-9-7-20/h1-5,10-13,15-16,20,25H,6-9,14H2,(H,26,27). The predicted molar refractivity (Wildman–Crippen MR) is 123 cm³/mol. The Morgan fingerprint density at radius 2 is 1.88 bits per heavy atom. The quantitative estimate of drug-likeness (QED) is 0.449. The van der Waals surface area contributed by atoms with Gasteiger partial charge in [0.1, 0.15) is 11.3 Å². The molecular weight excluding hydrogens is 400 g/mol. The third-order valence-electron chi connectivity index (χ3n) is 6.15. The summed E-state index contributed by atoms with van der Waals surface area (Å²) in [5, 5.41) is 17.8. The van der Waals surface area contributed by atoms with Crippen molar-refractivity contribution in [1.29, 1.82) is 0 Å². The van der Waals surface area contributed by atoms with Gasteiger partial charge in [-0.25, -0.2) is 9.67 Å². The molecule has 1 aliphatic rings. The van der Waals surface area contributed by atoms with Crippen LogP contribution in [0.15, 0.2) is 67.4 Å². The Balaban J connectivity index is 1.30. The average molecular weight is 425 g/mol. The van der Waals surface area contributed by atoms with Gasteiger partial charge in [-0.3, -0.25) is 4.68 Å². The van der Waals surface area contributed by atoms with Gasteiger partial charge in [0.05, 0.1) is 25.0 Å². The van der Waals surface area contributed by atoms with Crippen LogP contribution in [0.5, 0.6) is 0 Å². The fourth-order valence-electron chi connectivity index (χ4n) is 4.40. The molecule has 1 aromatic carbocycles. The molecule has 160 valence electrons. The van der Waals surface area contributed by atoms with Gasteiger partial charge in [0.25, 0.3) is 0 Å². The van der Waals surface area contributed by atoms with Gasteiger partial charge in [-0.05, 0) is 37.6 Å². The van der Waals surface area contributed by atoms with E-state index < -0.39 is 0 Å². The molecule has 5 aromatic rings. The molecule has 8 heteroatoms. The average Bonchev–Trinajstić information content (AvgIpc) is 3.59. The number of nitrogens with zero attached hydrogens (tertiary/aromatic N) is 6. The normalized spacial score (nSPS) is 14.9. The van der Waals surface area contributed by atoms with E-state index in [1.165, 1.54) is 5.56 Å². The molecule has 0 aliphatic carbocycles. The van der Waals surface area contributed by atoms with E-state index in [4.69, 9.17) is 0 Å². The van der Waals surface area contributed by atoms with Crippen molar-refractivity contribution in [2.75, 3.05) is 13.1 Å². The van der Waals surface area contributed by atoms with Crippen molar-refractivity contribution in [2.24, 2.45) is 0 Å². The number of hydrogen-bond donors (Lipinski definition) is 2. The Bertz CT molecular complexity index is 1340. The second-order valence-electron chi connectivity index (χ2n) is 8.30. The molecule has 0 amide bonds. The van der Waals surface area contributed by atoms with E-state index in [1.807, 2.05) is 47.7 Å². The summed E-state index contributed by atoms with van der Waals surface area (Å²) in [6.07, 6.45) is 12.1. The van der Waals surface area contributed by atoms with Crippen LogP contribution in [0.2, 0.25) is 0 Å². The molecule has 0 saturated carbocycles. The molecule has 2 N–H and O–H groups in total. The minimum atomic E-state index is 0.462. The van der Waals surface area contributed by atoms with Crippen LogP contribution in [0, 0.1) is 0 Å². The number of hydrogen-bond acceptors (Lipinski definition) is 5. The van der Waals surface area contributed by atoms with Gasteiger partial charge in [-0.15, -0.1) is 5.10 Å². The summed E-state index contributed by atoms with van der Waals surface area (Å²) >= 11 is 0. The van der Waals surface area contributed by atoms with E-state index >= 15 is 0 Å². The lowest BCUT2D eigenvalue weighted by molar-refractivity contribution is 0.343. The Labute approximate surface area is 185 Å². The van der Waals surface area contributed by atoms with Crippen LogP contribution in [0.1, 0.15) is 24.4 Å². The second kappa shape index (κ2) is 8.05. The molecule has 32 heavy (non-hydrogen) atoms. The predicted octanol–water partition coefficient (Wildman–Crippen LogP) is 3.66. The minimum absolute atomic E-state index is 0.462. The van der Waals surface area contributed by atoms with Crippen LogP contribution in [0.25, 0.3) is 33.4 Å². The highest BCUT2D eigenvalue weighted by atomic mass is 15.4. The summed E-state index contributed by atoms with van der Waals surface area (Å²) in [4.78, 5) is 7.91. The van der Waals surface area contributed by atoms with Gasteiger partial charge >= 0.3 is 0 Å². The SMILES string of the molecule is c1ccc(Cn2cc(-c3c[nH]c4ncc(-c5cnn(C6CCNCC6)c5)cc34)nn2)cc1. The van der Waals surface area contributed by atoms with Gasteiger partial charge in [-0.1, -0.05) is 35.5 Å². The van der Waals surface area contributed by atoms with E-state index in [2.05, 4.69) is 59.8 Å². The zero-order chi connectivity index (χ0) is 21.3. The number of aromatic nitrogens is 7. The first kappa shape index (κ1) is 18.9. The molecule has 1 saturated heterocycles. The molecule has 0 spiro atoms. The van der Waals surface area contributed by atoms with Crippen LogP contribution in [0.3, 0.4) is 0 Å². The second-order valence-corrected chi connectivity index (χ2v) is 8.30. The molecule has 4 aromatic heterocycles. The first-order chi connectivity index (χ1) is 15.8. The summed E-state index contributed by atoms with van der Waals surface area (Å²) in [5.41, 5.74) is 5.99. The maximum absolute atomic E-state index is 4.64. The number of piperidine rings is 1. The summed E-state index contributed by atoms with van der Waals surface area (Å²) in [6.45, 7) is 2.78. The number of aromatic amines is 1. The minimum Gasteiger partial charge on any atom is -0.345 e. The zero-order valence-electron chi connectivity index (χ0n) is 17.6. The Hall–Kier alpha value is -3.78.